The summed E-state index contributed by atoms with van der Waals surface area (Å²) < 4.78 is 0. The highest BCUT2D eigenvalue weighted by molar-refractivity contribution is 6.64. The Kier molecular flexibility index (Phi) is 3.88. The molecule has 0 amide bonds. The zero-order chi connectivity index (χ0) is 6.57. The van der Waals surface area contributed by atoms with Gasteiger partial charge in [0, 0.05) is 6.54 Å². The standard InChI is InChI=1S/C6H12ClN/c1-5(2)4-8-6(3)7/h5H,4H2,1-3H3. The highest BCUT2D eigenvalue weighted by Gasteiger charge is 1.88. The molecule has 0 saturated carbocycles. The summed E-state index contributed by atoms with van der Waals surface area (Å²) in [6, 6.07) is 0. The molecule has 0 fully saturated rings. The van der Waals surface area contributed by atoms with E-state index in [-0.39, 0.29) is 0 Å². The van der Waals surface area contributed by atoms with E-state index in [2.05, 4.69) is 18.8 Å². The van der Waals surface area contributed by atoms with Crippen LogP contribution in [0.25, 0.3) is 0 Å². The van der Waals surface area contributed by atoms with Gasteiger partial charge in [-0.1, -0.05) is 25.4 Å². The molecule has 0 spiro atoms. The first-order valence-electron chi connectivity index (χ1n) is 2.79. The maximum atomic E-state index is 5.47. The second-order valence-corrected chi connectivity index (χ2v) is 2.78. The molecule has 0 atom stereocenters. The van der Waals surface area contributed by atoms with E-state index in [9.17, 15) is 0 Å². The van der Waals surface area contributed by atoms with Crippen molar-refractivity contribution >= 4 is 16.8 Å². The van der Waals surface area contributed by atoms with E-state index in [1.807, 2.05) is 0 Å². The summed E-state index contributed by atoms with van der Waals surface area (Å²) in [6.07, 6.45) is 0. The van der Waals surface area contributed by atoms with Crippen LogP contribution in [0.2, 0.25) is 0 Å². The number of hydrogen-bond acceptors (Lipinski definition) is 1. The molecule has 0 saturated heterocycles. The lowest BCUT2D eigenvalue weighted by molar-refractivity contribution is 0.666. The Morgan fingerprint density at radius 1 is 1.62 bits per heavy atom. The predicted octanol–water partition coefficient (Wildman–Crippen LogP) is 2.30. The Morgan fingerprint density at radius 3 is 2.25 bits per heavy atom. The van der Waals surface area contributed by atoms with Crippen LogP contribution in [-0.2, 0) is 0 Å². The largest absolute Gasteiger partial charge is 0.278 e. The average molecular weight is 134 g/mol. The normalized spacial score (nSPS) is 12.9. The minimum Gasteiger partial charge on any atom is -0.278 e. The summed E-state index contributed by atoms with van der Waals surface area (Å²) in [4.78, 5) is 4.01. The van der Waals surface area contributed by atoms with E-state index in [0.29, 0.717) is 11.1 Å². The van der Waals surface area contributed by atoms with E-state index in [4.69, 9.17) is 11.6 Å². The van der Waals surface area contributed by atoms with Gasteiger partial charge in [0.1, 0.15) is 0 Å². The van der Waals surface area contributed by atoms with Crippen molar-refractivity contribution in [2.45, 2.75) is 20.8 Å². The number of aliphatic imine (C=N–C) groups is 1. The van der Waals surface area contributed by atoms with Gasteiger partial charge < -0.3 is 0 Å². The number of hydrogen-bond donors (Lipinski definition) is 0. The minimum atomic E-state index is 0.615. The molecule has 0 aliphatic heterocycles. The summed E-state index contributed by atoms with van der Waals surface area (Å²) in [7, 11) is 0. The zero-order valence-electron chi connectivity index (χ0n) is 5.61. The van der Waals surface area contributed by atoms with Gasteiger partial charge in [-0.2, -0.15) is 0 Å². The van der Waals surface area contributed by atoms with Crippen molar-refractivity contribution in [1.29, 1.82) is 0 Å². The third kappa shape index (κ3) is 5.96. The van der Waals surface area contributed by atoms with Crippen LogP contribution in [-0.4, -0.2) is 11.7 Å². The second-order valence-electron chi connectivity index (χ2n) is 2.23. The van der Waals surface area contributed by atoms with E-state index in [1.165, 1.54) is 0 Å². The Balaban J connectivity index is 3.29. The van der Waals surface area contributed by atoms with Crippen molar-refractivity contribution in [2.24, 2.45) is 10.9 Å². The van der Waals surface area contributed by atoms with Gasteiger partial charge >= 0.3 is 0 Å². The lowest BCUT2D eigenvalue weighted by atomic mass is 10.2. The monoisotopic (exact) mass is 133 g/mol. The maximum Gasteiger partial charge on any atom is 0.0972 e. The third-order valence-corrected chi connectivity index (χ3v) is 0.794. The Labute approximate surface area is 55.8 Å². The first-order chi connectivity index (χ1) is 3.63. The number of halogens is 1. The van der Waals surface area contributed by atoms with Crippen LogP contribution >= 0.6 is 11.6 Å². The van der Waals surface area contributed by atoms with Crippen molar-refractivity contribution in [1.82, 2.24) is 0 Å². The van der Waals surface area contributed by atoms with E-state index in [1.54, 1.807) is 6.92 Å². The molecule has 0 bridgehead atoms. The molecular formula is C6H12ClN. The highest BCUT2D eigenvalue weighted by Crippen LogP contribution is 1.93. The smallest absolute Gasteiger partial charge is 0.0972 e. The average Bonchev–Trinajstić information content (AvgIpc) is 1.61. The minimum absolute atomic E-state index is 0.615. The molecule has 1 nitrogen and oxygen atoms in total. The number of nitrogens with zero attached hydrogens (tertiary/aromatic N) is 1. The summed E-state index contributed by atoms with van der Waals surface area (Å²) in [6.45, 7) is 6.87. The van der Waals surface area contributed by atoms with Gasteiger partial charge in [-0.05, 0) is 12.8 Å². The van der Waals surface area contributed by atoms with Crippen LogP contribution in [0.15, 0.2) is 4.99 Å². The maximum absolute atomic E-state index is 5.47. The first kappa shape index (κ1) is 7.96. The third-order valence-electron chi connectivity index (χ3n) is 0.674. The molecule has 2 heteroatoms. The van der Waals surface area contributed by atoms with Crippen molar-refractivity contribution in [3.8, 4) is 0 Å². The molecule has 0 N–H and O–H groups in total. The Bertz CT molecular complexity index is 82.5. The van der Waals surface area contributed by atoms with Crippen LogP contribution < -0.4 is 0 Å². The van der Waals surface area contributed by atoms with Gasteiger partial charge in [0.15, 0.2) is 0 Å². The first-order valence-corrected chi connectivity index (χ1v) is 3.17. The van der Waals surface area contributed by atoms with Crippen LogP contribution in [0.3, 0.4) is 0 Å². The summed E-state index contributed by atoms with van der Waals surface area (Å²) in [5.74, 6) is 0.615. The molecule has 0 rings (SSSR count). The molecule has 0 aliphatic carbocycles. The van der Waals surface area contributed by atoms with Crippen molar-refractivity contribution in [3.63, 3.8) is 0 Å². The van der Waals surface area contributed by atoms with Crippen LogP contribution in [0.4, 0.5) is 0 Å². The predicted molar refractivity (Wildman–Crippen MR) is 38.7 cm³/mol. The fourth-order valence-corrected chi connectivity index (χ4v) is 0.377. The fourth-order valence-electron chi connectivity index (χ4n) is 0.308. The molecule has 0 aromatic heterocycles. The lowest BCUT2D eigenvalue weighted by Crippen LogP contribution is -1.92. The SMILES string of the molecule is CC(Cl)=NCC(C)C. The van der Waals surface area contributed by atoms with Crippen molar-refractivity contribution < 1.29 is 0 Å². The number of rotatable bonds is 2. The van der Waals surface area contributed by atoms with Gasteiger partial charge in [0.05, 0.1) is 5.17 Å². The molecule has 8 heavy (non-hydrogen) atoms. The highest BCUT2D eigenvalue weighted by atomic mass is 35.5. The van der Waals surface area contributed by atoms with Gasteiger partial charge in [-0.25, -0.2) is 0 Å². The Hall–Kier alpha value is -0.0400. The summed E-state index contributed by atoms with van der Waals surface area (Å²) >= 11 is 5.47. The summed E-state index contributed by atoms with van der Waals surface area (Å²) in [5.41, 5.74) is 0. The molecule has 0 aromatic carbocycles. The van der Waals surface area contributed by atoms with Crippen LogP contribution in [0, 0.1) is 5.92 Å². The molecule has 0 heterocycles. The molecule has 0 unspecified atom stereocenters. The van der Waals surface area contributed by atoms with Gasteiger partial charge in [-0.3, -0.25) is 4.99 Å². The zero-order valence-corrected chi connectivity index (χ0v) is 6.37. The molecule has 0 radical (unpaired) electrons. The summed E-state index contributed by atoms with van der Waals surface area (Å²) in [5, 5.41) is 0.652. The quantitative estimate of drug-likeness (QED) is 0.513. The van der Waals surface area contributed by atoms with Crippen molar-refractivity contribution in [2.75, 3.05) is 6.54 Å². The molecule has 0 aliphatic rings. The van der Waals surface area contributed by atoms with Crippen molar-refractivity contribution in [3.05, 3.63) is 0 Å². The molecule has 0 aromatic rings. The topological polar surface area (TPSA) is 12.4 Å². The van der Waals surface area contributed by atoms with Crippen LogP contribution in [0.1, 0.15) is 20.8 Å². The van der Waals surface area contributed by atoms with Gasteiger partial charge in [-0.15, -0.1) is 0 Å². The van der Waals surface area contributed by atoms with E-state index >= 15 is 0 Å². The van der Waals surface area contributed by atoms with E-state index < -0.39 is 0 Å². The van der Waals surface area contributed by atoms with Gasteiger partial charge in [0.2, 0.25) is 0 Å². The van der Waals surface area contributed by atoms with Crippen LogP contribution in [0.5, 0.6) is 0 Å². The lowest BCUT2D eigenvalue weighted by Gasteiger charge is -1.95. The fraction of sp³-hybridized carbons (Fsp3) is 0.833. The Morgan fingerprint density at radius 2 is 2.12 bits per heavy atom. The molecular weight excluding hydrogens is 122 g/mol. The van der Waals surface area contributed by atoms with Gasteiger partial charge in [0.25, 0.3) is 0 Å². The van der Waals surface area contributed by atoms with E-state index in [0.717, 1.165) is 6.54 Å². The molecule has 48 valence electrons. The second kappa shape index (κ2) is 3.90.